The summed E-state index contributed by atoms with van der Waals surface area (Å²) in [5.74, 6) is -0.578. The highest BCUT2D eigenvalue weighted by atomic mass is 79.9. The number of hydrogen-bond donors (Lipinski definition) is 2. The number of anilines is 1. The first-order chi connectivity index (χ1) is 12.0. The topological polar surface area (TPSA) is 75.4 Å². The average molecular weight is 406 g/mol. The molecule has 0 unspecified atom stereocenters. The van der Waals surface area contributed by atoms with Crippen LogP contribution >= 0.6 is 15.9 Å². The number of nitrogens with two attached hydrogens (primary N) is 1. The molecule has 2 amide bonds. The number of rotatable bonds is 4. The number of imide groups is 1. The molecule has 134 valence electrons. The molecule has 1 heterocycles. The molecule has 0 saturated carbocycles. The molecule has 1 aliphatic heterocycles. The van der Waals surface area contributed by atoms with Gasteiger partial charge in [0.25, 0.3) is 11.8 Å². The predicted molar refractivity (Wildman–Crippen MR) is 106 cm³/mol. The Balaban J connectivity index is 0.000000511. The number of amides is 2. The van der Waals surface area contributed by atoms with Crippen molar-refractivity contribution in [1.82, 2.24) is 4.90 Å². The van der Waals surface area contributed by atoms with E-state index in [0.717, 1.165) is 15.5 Å². The van der Waals surface area contributed by atoms with Crippen LogP contribution in [-0.4, -0.2) is 36.9 Å². The number of unbranched alkanes of at least 4 members (excludes halogenated alkanes) is 1. The molecule has 25 heavy (non-hydrogen) atoms. The van der Waals surface area contributed by atoms with Crippen LogP contribution in [0.2, 0.25) is 0 Å². The number of carbonyl (C=O) groups is 2. The van der Waals surface area contributed by atoms with Crippen molar-refractivity contribution in [2.75, 3.05) is 25.5 Å². The highest BCUT2D eigenvalue weighted by Gasteiger charge is 2.33. The molecular formula is C19H24BrN3O2. The van der Waals surface area contributed by atoms with E-state index >= 15 is 0 Å². The van der Waals surface area contributed by atoms with Gasteiger partial charge in [-0.25, -0.2) is 0 Å². The Labute approximate surface area is 156 Å². The standard InChI is InChI=1S/C15H14BrN3O2.C4H10/c1-18-12-3-2-9-13-10(12)6-8(16)7-11(13)15(21)19(5-4-17)14(9)20;1-3-4-2/h2-3,6-7,18H,4-5,17H2,1H3;3-4H2,1-2H3. The number of nitrogens with one attached hydrogen (secondary N) is 1. The van der Waals surface area contributed by atoms with Gasteiger partial charge in [-0.2, -0.15) is 0 Å². The van der Waals surface area contributed by atoms with Crippen LogP contribution in [0.25, 0.3) is 10.8 Å². The summed E-state index contributed by atoms with van der Waals surface area (Å²) in [6.45, 7) is 4.83. The molecule has 0 fully saturated rings. The second-order valence-corrected chi connectivity index (χ2v) is 6.75. The minimum Gasteiger partial charge on any atom is -0.388 e. The van der Waals surface area contributed by atoms with Crippen LogP contribution in [0.4, 0.5) is 5.69 Å². The maximum absolute atomic E-state index is 12.6. The maximum Gasteiger partial charge on any atom is 0.261 e. The SMILES string of the molecule is CCCC.CNc1ccc2c3c(cc(Br)cc13)C(=O)N(CCN)C2=O. The Hall–Kier alpha value is -1.92. The van der Waals surface area contributed by atoms with Gasteiger partial charge in [0.05, 0.1) is 0 Å². The van der Waals surface area contributed by atoms with Crippen molar-refractivity contribution in [3.63, 3.8) is 0 Å². The van der Waals surface area contributed by atoms with Crippen LogP contribution in [0.5, 0.6) is 0 Å². The zero-order valence-corrected chi connectivity index (χ0v) is 16.4. The van der Waals surface area contributed by atoms with Crippen LogP contribution in [0, 0.1) is 0 Å². The third-order valence-electron chi connectivity index (χ3n) is 4.15. The van der Waals surface area contributed by atoms with Crippen molar-refractivity contribution in [3.8, 4) is 0 Å². The fourth-order valence-electron chi connectivity index (χ4n) is 2.73. The van der Waals surface area contributed by atoms with E-state index in [1.807, 2.05) is 19.2 Å². The molecule has 0 saturated heterocycles. The van der Waals surface area contributed by atoms with Gasteiger partial charge in [0.2, 0.25) is 0 Å². The summed E-state index contributed by atoms with van der Waals surface area (Å²) in [6, 6.07) is 7.27. The first kappa shape index (κ1) is 19.4. The highest BCUT2D eigenvalue weighted by molar-refractivity contribution is 9.10. The van der Waals surface area contributed by atoms with E-state index < -0.39 is 0 Å². The summed E-state index contributed by atoms with van der Waals surface area (Å²) in [5.41, 5.74) is 7.46. The van der Waals surface area contributed by atoms with Gasteiger partial charge in [0.15, 0.2) is 0 Å². The van der Waals surface area contributed by atoms with Crippen LogP contribution < -0.4 is 11.1 Å². The van der Waals surface area contributed by atoms with Crippen molar-refractivity contribution in [2.45, 2.75) is 26.7 Å². The van der Waals surface area contributed by atoms with E-state index in [1.54, 1.807) is 12.1 Å². The van der Waals surface area contributed by atoms with Gasteiger partial charge in [-0.05, 0) is 24.3 Å². The first-order valence-electron chi connectivity index (χ1n) is 8.50. The van der Waals surface area contributed by atoms with E-state index in [2.05, 4.69) is 35.1 Å². The summed E-state index contributed by atoms with van der Waals surface area (Å²) >= 11 is 3.43. The van der Waals surface area contributed by atoms with Crippen molar-refractivity contribution in [2.24, 2.45) is 5.73 Å². The van der Waals surface area contributed by atoms with Gasteiger partial charge in [0.1, 0.15) is 0 Å². The lowest BCUT2D eigenvalue weighted by atomic mass is 9.93. The molecule has 0 atom stereocenters. The highest BCUT2D eigenvalue weighted by Crippen LogP contribution is 2.36. The summed E-state index contributed by atoms with van der Waals surface area (Å²) in [6.07, 6.45) is 2.64. The number of carbonyl (C=O) groups excluding carboxylic acids is 2. The number of halogens is 1. The van der Waals surface area contributed by atoms with E-state index in [9.17, 15) is 9.59 Å². The van der Waals surface area contributed by atoms with Gasteiger partial charge >= 0.3 is 0 Å². The Morgan fingerprint density at radius 3 is 2.28 bits per heavy atom. The Kier molecular flexibility index (Phi) is 6.56. The minimum atomic E-state index is -0.294. The first-order valence-corrected chi connectivity index (χ1v) is 9.29. The van der Waals surface area contributed by atoms with Gasteiger partial charge in [0, 0.05) is 52.2 Å². The fraction of sp³-hybridized carbons (Fsp3) is 0.368. The van der Waals surface area contributed by atoms with Crippen molar-refractivity contribution in [3.05, 3.63) is 39.9 Å². The Morgan fingerprint density at radius 2 is 1.72 bits per heavy atom. The molecular weight excluding hydrogens is 382 g/mol. The summed E-state index contributed by atoms with van der Waals surface area (Å²) < 4.78 is 0.800. The number of hydrogen-bond acceptors (Lipinski definition) is 4. The molecule has 0 aromatic heterocycles. The molecule has 3 rings (SSSR count). The zero-order valence-electron chi connectivity index (χ0n) is 14.9. The molecule has 0 aliphatic carbocycles. The second kappa shape index (κ2) is 8.45. The van der Waals surface area contributed by atoms with Crippen molar-refractivity contribution < 1.29 is 9.59 Å². The van der Waals surface area contributed by atoms with Crippen LogP contribution in [0.3, 0.4) is 0 Å². The van der Waals surface area contributed by atoms with Crippen LogP contribution in [0.1, 0.15) is 47.4 Å². The lowest BCUT2D eigenvalue weighted by molar-refractivity contribution is 0.0615. The molecule has 0 spiro atoms. The molecule has 5 nitrogen and oxygen atoms in total. The lowest BCUT2D eigenvalue weighted by Crippen LogP contribution is -2.43. The van der Waals surface area contributed by atoms with Crippen LogP contribution in [0.15, 0.2) is 28.7 Å². The van der Waals surface area contributed by atoms with Crippen molar-refractivity contribution >= 4 is 44.2 Å². The number of nitrogens with zero attached hydrogens (tertiary/aromatic N) is 1. The molecule has 2 aromatic carbocycles. The van der Waals surface area contributed by atoms with Gasteiger partial charge in [-0.15, -0.1) is 0 Å². The number of benzene rings is 2. The molecule has 1 aliphatic rings. The zero-order chi connectivity index (χ0) is 18.6. The molecule has 2 aromatic rings. The van der Waals surface area contributed by atoms with Gasteiger partial charge in [-0.1, -0.05) is 42.6 Å². The molecule has 6 heteroatoms. The monoisotopic (exact) mass is 405 g/mol. The molecule has 0 bridgehead atoms. The van der Waals surface area contributed by atoms with E-state index in [1.165, 1.54) is 17.7 Å². The summed E-state index contributed by atoms with van der Waals surface area (Å²) in [4.78, 5) is 26.3. The maximum atomic E-state index is 12.6. The Morgan fingerprint density at radius 1 is 1.08 bits per heavy atom. The summed E-state index contributed by atoms with van der Waals surface area (Å²) in [7, 11) is 1.81. The third kappa shape index (κ3) is 3.70. The molecule has 0 radical (unpaired) electrons. The fourth-order valence-corrected chi connectivity index (χ4v) is 3.19. The summed E-state index contributed by atoms with van der Waals surface area (Å²) in [5, 5.41) is 4.65. The largest absolute Gasteiger partial charge is 0.388 e. The third-order valence-corrected chi connectivity index (χ3v) is 4.61. The van der Waals surface area contributed by atoms with E-state index in [-0.39, 0.29) is 24.9 Å². The average Bonchev–Trinajstić information content (AvgIpc) is 2.62. The molecule has 3 N–H and O–H groups in total. The van der Waals surface area contributed by atoms with E-state index in [0.29, 0.717) is 16.5 Å². The van der Waals surface area contributed by atoms with Gasteiger partial charge in [-0.3, -0.25) is 14.5 Å². The quantitative estimate of drug-likeness (QED) is 0.753. The predicted octanol–water partition coefficient (Wildman–Crippen LogP) is 4.01. The van der Waals surface area contributed by atoms with Crippen molar-refractivity contribution in [1.29, 1.82) is 0 Å². The normalized spacial score (nSPS) is 12.9. The Bertz CT molecular complexity index is 803. The lowest BCUT2D eigenvalue weighted by Gasteiger charge is -2.27. The smallest absolute Gasteiger partial charge is 0.261 e. The second-order valence-electron chi connectivity index (χ2n) is 5.84. The van der Waals surface area contributed by atoms with Gasteiger partial charge < -0.3 is 11.1 Å². The van der Waals surface area contributed by atoms with E-state index in [4.69, 9.17) is 5.73 Å². The van der Waals surface area contributed by atoms with Crippen LogP contribution in [-0.2, 0) is 0 Å². The minimum absolute atomic E-state index is 0.221.